The van der Waals surface area contributed by atoms with Gasteiger partial charge in [0.1, 0.15) is 23.6 Å². The molecule has 158 valence electrons. The summed E-state index contributed by atoms with van der Waals surface area (Å²) in [6.45, 7) is 1.81. The number of nitrogens with two attached hydrogens (primary N) is 1. The molecule has 4 rings (SSSR count). The maximum atomic E-state index is 13.5. The summed E-state index contributed by atoms with van der Waals surface area (Å²) >= 11 is 0. The van der Waals surface area contributed by atoms with Crippen molar-refractivity contribution in [2.24, 2.45) is 0 Å². The molecule has 4 aromatic rings. The van der Waals surface area contributed by atoms with E-state index in [2.05, 4.69) is 20.3 Å². The van der Waals surface area contributed by atoms with Gasteiger partial charge in [-0.3, -0.25) is 9.20 Å². The summed E-state index contributed by atoms with van der Waals surface area (Å²) < 4.78 is 26.3. The van der Waals surface area contributed by atoms with Crippen LogP contribution in [0.15, 0.2) is 70.7 Å². The fraction of sp³-hybridized carbons (Fsp3) is 0.143. The van der Waals surface area contributed by atoms with Gasteiger partial charge in [0.05, 0.1) is 22.2 Å². The lowest BCUT2D eigenvalue weighted by Crippen LogP contribution is -2.23. The lowest BCUT2D eigenvalue weighted by atomic mass is 10.0. The molecule has 3 N–H and O–H groups in total. The van der Waals surface area contributed by atoms with Crippen molar-refractivity contribution in [3.63, 3.8) is 0 Å². The molecule has 3 aromatic heterocycles. The van der Waals surface area contributed by atoms with Crippen LogP contribution in [0.5, 0.6) is 0 Å². The summed E-state index contributed by atoms with van der Waals surface area (Å²) in [5, 5.41) is 3.17. The molecule has 10 heteroatoms. The number of aromatic nitrogens is 4. The number of fused-ring (bicyclic) bond motifs is 1. The van der Waals surface area contributed by atoms with Crippen LogP contribution >= 0.6 is 0 Å². The maximum Gasteiger partial charge on any atom is 0.266 e. The first-order valence-corrected chi connectivity index (χ1v) is 11.3. The molecule has 0 aliphatic carbocycles. The van der Waals surface area contributed by atoms with Crippen LogP contribution in [0, 0.1) is 0 Å². The zero-order valence-corrected chi connectivity index (χ0v) is 17.7. The van der Waals surface area contributed by atoms with Gasteiger partial charge in [0.2, 0.25) is 0 Å². The van der Waals surface area contributed by atoms with Gasteiger partial charge in [-0.05, 0) is 25.1 Å². The monoisotopic (exact) mass is 436 g/mol. The molecule has 0 saturated carbocycles. The third-order valence-corrected chi connectivity index (χ3v) is 5.94. The third kappa shape index (κ3) is 3.97. The topological polar surface area (TPSA) is 132 Å². The van der Waals surface area contributed by atoms with Crippen LogP contribution in [0.3, 0.4) is 0 Å². The Bertz CT molecular complexity index is 1450. The fourth-order valence-electron chi connectivity index (χ4n) is 3.41. The molecule has 3 heterocycles. The smallest absolute Gasteiger partial charge is 0.266 e. The molecule has 0 amide bonds. The number of sulfone groups is 1. The molecule has 9 nitrogen and oxygen atoms in total. The molecular weight excluding hydrogens is 416 g/mol. The third-order valence-electron chi connectivity index (χ3n) is 4.78. The molecule has 0 fully saturated rings. The highest BCUT2D eigenvalue weighted by atomic mass is 32.2. The number of nitrogens with one attached hydrogen (secondary N) is 1. The van der Waals surface area contributed by atoms with Gasteiger partial charge in [-0.1, -0.05) is 24.3 Å². The number of nitrogen functional groups attached to an aromatic ring is 1. The standard InChI is InChI=1S/C21H20N6O3S/c1-13(25-17-11-16(22)23-12-24-17)20-19(14-7-3-4-8-15(14)31(2,29)30)21(28)27-10-6-5-9-18(27)26-20/h3-13H,1-2H3,(H3,22,23,24,25)/t13-/m0/s1. The SMILES string of the molecule is C[C@H](Nc1cc(N)ncn1)c1nc2ccccn2c(=O)c1-c1ccccc1S(C)(=O)=O. The van der Waals surface area contributed by atoms with E-state index in [1.807, 2.05) is 6.92 Å². The quantitative estimate of drug-likeness (QED) is 0.487. The Hall–Kier alpha value is -3.79. The van der Waals surface area contributed by atoms with E-state index in [1.54, 1.807) is 48.7 Å². The minimum absolute atomic E-state index is 0.0597. The van der Waals surface area contributed by atoms with Crippen molar-refractivity contribution >= 4 is 27.1 Å². The van der Waals surface area contributed by atoms with Crippen LogP contribution in [0.1, 0.15) is 18.7 Å². The molecule has 0 unspecified atom stereocenters. The first-order chi connectivity index (χ1) is 14.8. The number of nitrogens with zero attached hydrogens (tertiary/aromatic N) is 4. The van der Waals surface area contributed by atoms with Crippen molar-refractivity contribution in [3.8, 4) is 11.1 Å². The van der Waals surface area contributed by atoms with E-state index in [-0.39, 0.29) is 16.0 Å². The van der Waals surface area contributed by atoms with Crippen LogP contribution in [-0.2, 0) is 9.84 Å². The van der Waals surface area contributed by atoms with Gasteiger partial charge in [-0.2, -0.15) is 0 Å². The minimum atomic E-state index is -3.59. The van der Waals surface area contributed by atoms with E-state index in [9.17, 15) is 13.2 Å². The van der Waals surface area contributed by atoms with E-state index in [0.29, 0.717) is 28.5 Å². The van der Waals surface area contributed by atoms with Gasteiger partial charge >= 0.3 is 0 Å². The van der Waals surface area contributed by atoms with Gasteiger partial charge in [0, 0.05) is 24.1 Å². The van der Waals surface area contributed by atoms with Crippen molar-refractivity contribution in [2.45, 2.75) is 17.9 Å². The number of pyridine rings is 1. The molecule has 0 spiro atoms. The van der Waals surface area contributed by atoms with Crippen LogP contribution in [0.25, 0.3) is 16.8 Å². The van der Waals surface area contributed by atoms with Crippen molar-refractivity contribution in [1.82, 2.24) is 19.4 Å². The predicted molar refractivity (Wildman–Crippen MR) is 118 cm³/mol. The summed E-state index contributed by atoms with van der Waals surface area (Å²) in [6, 6.07) is 12.7. The summed E-state index contributed by atoms with van der Waals surface area (Å²) in [6.07, 6.45) is 4.04. The van der Waals surface area contributed by atoms with Crippen molar-refractivity contribution < 1.29 is 8.42 Å². The number of hydrogen-bond acceptors (Lipinski definition) is 8. The molecular formula is C21H20N6O3S. The molecule has 31 heavy (non-hydrogen) atoms. The predicted octanol–water partition coefficient (Wildman–Crippen LogP) is 2.31. The average molecular weight is 436 g/mol. The lowest BCUT2D eigenvalue weighted by molar-refractivity contribution is 0.602. The van der Waals surface area contributed by atoms with Gasteiger partial charge in [0.15, 0.2) is 9.84 Å². The molecule has 0 aliphatic heterocycles. The number of anilines is 2. The normalized spacial score (nSPS) is 12.6. The van der Waals surface area contributed by atoms with Crippen LogP contribution in [0.2, 0.25) is 0 Å². The second-order valence-electron chi connectivity index (χ2n) is 7.07. The number of rotatable bonds is 5. The highest BCUT2D eigenvalue weighted by Gasteiger charge is 2.24. The molecule has 0 bridgehead atoms. The Balaban J connectivity index is 1.99. The van der Waals surface area contributed by atoms with E-state index in [0.717, 1.165) is 6.26 Å². The average Bonchev–Trinajstić information content (AvgIpc) is 2.73. The van der Waals surface area contributed by atoms with E-state index >= 15 is 0 Å². The van der Waals surface area contributed by atoms with Gasteiger partial charge < -0.3 is 11.1 Å². The maximum absolute atomic E-state index is 13.5. The van der Waals surface area contributed by atoms with Gasteiger partial charge in [0.25, 0.3) is 5.56 Å². The second kappa shape index (κ2) is 7.80. The highest BCUT2D eigenvalue weighted by Crippen LogP contribution is 2.31. The second-order valence-corrected chi connectivity index (χ2v) is 9.05. The van der Waals surface area contributed by atoms with Crippen LogP contribution in [0.4, 0.5) is 11.6 Å². The van der Waals surface area contributed by atoms with E-state index in [4.69, 9.17) is 5.73 Å². The first kappa shape index (κ1) is 20.5. The lowest BCUT2D eigenvalue weighted by Gasteiger charge is -2.19. The number of hydrogen-bond donors (Lipinski definition) is 2. The van der Waals surface area contributed by atoms with Crippen molar-refractivity contribution in [2.75, 3.05) is 17.3 Å². The molecule has 0 radical (unpaired) electrons. The molecule has 1 atom stereocenters. The first-order valence-electron chi connectivity index (χ1n) is 9.40. The van der Waals surface area contributed by atoms with Gasteiger partial charge in [-0.15, -0.1) is 0 Å². The molecule has 1 aromatic carbocycles. The largest absolute Gasteiger partial charge is 0.384 e. The highest BCUT2D eigenvalue weighted by molar-refractivity contribution is 7.90. The Kier molecular flexibility index (Phi) is 5.15. The van der Waals surface area contributed by atoms with Gasteiger partial charge in [-0.25, -0.2) is 23.4 Å². The van der Waals surface area contributed by atoms with Crippen molar-refractivity contribution in [3.05, 3.63) is 77.1 Å². The number of benzene rings is 1. The Labute approximate surface area is 178 Å². The summed E-state index contributed by atoms with van der Waals surface area (Å²) in [4.78, 5) is 26.2. The minimum Gasteiger partial charge on any atom is -0.384 e. The van der Waals surface area contributed by atoms with E-state index < -0.39 is 15.9 Å². The Morgan fingerprint density at radius 1 is 1.10 bits per heavy atom. The van der Waals surface area contributed by atoms with Crippen molar-refractivity contribution in [1.29, 1.82) is 0 Å². The zero-order valence-electron chi connectivity index (χ0n) is 16.9. The Morgan fingerprint density at radius 2 is 1.84 bits per heavy atom. The summed E-state index contributed by atoms with van der Waals surface area (Å²) in [7, 11) is -3.59. The van der Waals surface area contributed by atoms with E-state index in [1.165, 1.54) is 16.8 Å². The van der Waals surface area contributed by atoms with Crippen LogP contribution in [-0.4, -0.2) is 34.0 Å². The fourth-order valence-corrected chi connectivity index (χ4v) is 4.31. The summed E-state index contributed by atoms with van der Waals surface area (Å²) in [5.74, 6) is 0.747. The molecule has 0 saturated heterocycles. The Morgan fingerprint density at radius 3 is 2.58 bits per heavy atom. The summed E-state index contributed by atoms with van der Waals surface area (Å²) in [5.41, 5.74) is 6.70. The zero-order chi connectivity index (χ0) is 22.2. The molecule has 0 aliphatic rings. The van der Waals surface area contributed by atoms with Crippen LogP contribution < -0.4 is 16.6 Å².